The molecule has 0 spiro atoms. The first-order valence-corrected chi connectivity index (χ1v) is 7.57. The lowest BCUT2D eigenvalue weighted by molar-refractivity contribution is -0.147. The van der Waals surface area contributed by atoms with Gasteiger partial charge in [-0.3, -0.25) is 9.59 Å². The van der Waals surface area contributed by atoms with Gasteiger partial charge in [-0.25, -0.2) is 0 Å². The predicted octanol–water partition coefficient (Wildman–Crippen LogP) is 2.60. The standard InChI is InChI=1S/C12H14INO3S/c1-7-5-18-9(8(7)13)10(15)14-4-3-12(2,6-14)11(16)17/h5H,3-4,6H2,1-2H3,(H,16,17). The van der Waals surface area contributed by atoms with Crippen LogP contribution < -0.4 is 0 Å². The van der Waals surface area contributed by atoms with Gasteiger partial charge in [-0.2, -0.15) is 0 Å². The van der Waals surface area contributed by atoms with E-state index in [0.29, 0.717) is 19.5 Å². The maximum absolute atomic E-state index is 12.3. The number of thiophene rings is 1. The highest BCUT2D eigenvalue weighted by molar-refractivity contribution is 14.1. The van der Waals surface area contributed by atoms with Crippen LogP contribution in [-0.2, 0) is 4.79 Å². The van der Waals surface area contributed by atoms with Crippen LogP contribution in [0.2, 0.25) is 0 Å². The first-order chi connectivity index (χ1) is 8.35. The molecule has 1 atom stereocenters. The van der Waals surface area contributed by atoms with Gasteiger partial charge in [-0.15, -0.1) is 11.3 Å². The van der Waals surface area contributed by atoms with Crippen molar-refractivity contribution in [3.8, 4) is 0 Å². The minimum atomic E-state index is -0.824. The molecule has 98 valence electrons. The number of aliphatic carboxylic acids is 1. The van der Waals surface area contributed by atoms with Crippen LogP contribution in [0.25, 0.3) is 0 Å². The van der Waals surface area contributed by atoms with Crippen LogP contribution in [0, 0.1) is 15.9 Å². The molecule has 1 unspecified atom stereocenters. The van der Waals surface area contributed by atoms with Crippen molar-refractivity contribution in [2.24, 2.45) is 5.41 Å². The topological polar surface area (TPSA) is 57.6 Å². The molecule has 1 aromatic heterocycles. The van der Waals surface area contributed by atoms with Gasteiger partial charge in [-0.1, -0.05) is 0 Å². The number of carbonyl (C=O) groups is 2. The van der Waals surface area contributed by atoms with Gasteiger partial charge < -0.3 is 10.0 Å². The molecule has 0 aliphatic carbocycles. The molecule has 0 radical (unpaired) electrons. The number of carbonyl (C=O) groups excluding carboxylic acids is 1. The second kappa shape index (κ2) is 4.80. The Morgan fingerprint density at radius 3 is 2.67 bits per heavy atom. The van der Waals surface area contributed by atoms with E-state index < -0.39 is 11.4 Å². The molecule has 1 amide bonds. The maximum Gasteiger partial charge on any atom is 0.311 e. The van der Waals surface area contributed by atoms with Crippen molar-refractivity contribution in [3.63, 3.8) is 0 Å². The molecule has 18 heavy (non-hydrogen) atoms. The summed E-state index contributed by atoms with van der Waals surface area (Å²) in [4.78, 5) is 25.9. The summed E-state index contributed by atoms with van der Waals surface area (Å²) in [6.45, 7) is 4.50. The minimum Gasteiger partial charge on any atom is -0.481 e. The molecule has 2 heterocycles. The zero-order valence-corrected chi connectivity index (χ0v) is 13.2. The summed E-state index contributed by atoms with van der Waals surface area (Å²) in [5, 5.41) is 11.1. The van der Waals surface area contributed by atoms with Gasteiger partial charge >= 0.3 is 5.97 Å². The van der Waals surface area contributed by atoms with Crippen molar-refractivity contribution in [1.29, 1.82) is 0 Å². The number of nitrogens with zero attached hydrogens (tertiary/aromatic N) is 1. The van der Waals surface area contributed by atoms with Gasteiger partial charge in [0.2, 0.25) is 0 Å². The average molecular weight is 379 g/mol. The van der Waals surface area contributed by atoms with Crippen molar-refractivity contribution in [2.75, 3.05) is 13.1 Å². The fraction of sp³-hybridized carbons (Fsp3) is 0.500. The summed E-state index contributed by atoms with van der Waals surface area (Å²) in [6.07, 6.45) is 0.523. The fourth-order valence-electron chi connectivity index (χ4n) is 2.03. The molecular formula is C12H14INO3S. The molecule has 1 aliphatic heterocycles. The lowest BCUT2D eigenvalue weighted by Crippen LogP contribution is -2.34. The molecule has 0 bridgehead atoms. The number of likely N-dealkylation sites (tertiary alicyclic amines) is 1. The third-order valence-electron chi connectivity index (χ3n) is 3.37. The summed E-state index contributed by atoms with van der Waals surface area (Å²) >= 11 is 3.60. The Morgan fingerprint density at radius 2 is 2.22 bits per heavy atom. The quantitative estimate of drug-likeness (QED) is 0.804. The monoisotopic (exact) mass is 379 g/mol. The van der Waals surface area contributed by atoms with Crippen LogP contribution >= 0.6 is 33.9 Å². The number of amides is 1. The number of hydrogen-bond acceptors (Lipinski definition) is 3. The van der Waals surface area contributed by atoms with Gasteiger partial charge in [0, 0.05) is 16.7 Å². The number of carboxylic acids is 1. The van der Waals surface area contributed by atoms with Gasteiger partial charge in [0.15, 0.2) is 0 Å². The molecule has 4 nitrogen and oxygen atoms in total. The Balaban J connectivity index is 2.18. The zero-order chi connectivity index (χ0) is 13.5. The number of aryl methyl sites for hydroxylation is 1. The van der Waals surface area contributed by atoms with E-state index in [2.05, 4.69) is 22.6 Å². The van der Waals surface area contributed by atoms with Gasteiger partial charge in [-0.05, 0) is 53.8 Å². The molecule has 2 rings (SSSR count). The van der Waals surface area contributed by atoms with Gasteiger partial charge in [0.1, 0.15) is 4.88 Å². The maximum atomic E-state index is 12.3. The molecule has 1 aromatic rings. The van der Waals surface area contributed by atoms with Crippen LogP contribution in [0.3, 0.4) is 0 Å². The SMILES string of the molecule is Cc1csc(C(=O)N2CCC(C)(C(=O)O)C2)c1I. The number of rotatable bonds is 2. The van der Waals surface area contributed by atoms with Crippen LogP contribution in [0.15, 0.2) is 5.38 Å². The van der Waals surface area contributed by atoms with E-state index in [4.69, 9.17) is 5.11 Å². The highest BCUT2D eigenvalue weighted by Gasteiger charge is 2.42. The molecule has 1 fully saturated rings. The van der Waals surface area contributed by atoms with Gasteiger partial charge in [0.25, 0.3) is 5.91 Å². The third-order valence-corrected chi connectivity index (χ3v) is 6.21. The van der Waals surface area contributed by atoms with E-state index in [9.17, 15) is 9.59 Å². The van der Waals surface area contributed by atoms with E-state index >= 15 is 0 Å². The van der Waals surface area contributed by atoms with E-state index in [1.165, 1.54) is 11.3 Å². The summed E-state index contributed by atoms with van der Waals surface area (Å²) < 4.78 is 0.978. The molecule has 1 N–H and O–H groups in total. The predicted molar refractivity (Wildman–Crippen MR) is 78.0 cm³/mol. The smallest absolute Gasteiger partial charge is 0.311 e. The van der Waals surface area contributed by atoms with Crippen LogP contribution in [-0.4, -0.2) is 35.0 Å². The second-order valence-corrected chi connectivity index (χ2v) is 6.86. The normalized spacial score (nSPS) is 23.4. The number of hydrogen-bond donors (Lipinski definition) is 1. The fourth-order valence-corrected chi connectivity index (χ4v) is 3.91. The van der Waals surface area contributed by atoms with Crippen LogP contribution in [0.4, 0.5) is 0 Å². The Kier molecular flexibility index (Phi) is 3.68. The second-order valence-electron chi connectivity index (χ2n) is 4.90. The first-order valence-electron chi connectivity index (χ1n) is 5.61. The Morgan fingerprint density at radius 1 is 1.56 bits per heavy atom. The third kappa shape index (κ3) is 2.27. The lowest BCUT2D eigenvalue weighted by atomic mass is 9.90. The zero-order valence-electron chi connectivity index (χ0n) is 10.2. The highest BCUT2D eigenvalue weighted by Crippen LogP contribution is 2.33. The van der Waals surface area contributed by atoms with Crippen molar-refractivity contribution in [2.45, 2.75) is 20.3 Å². The van der Waals surface area contributed by atoms with Crippen molar-refractivity contribution in [3.05, 3.63) is 19.4 Å². The minimum absolute atomic E-state index is 0.0394. The van der Waals surface area contributed by atoms with E-state index in [1.807, 2.05) is 12.3 Å². The van der Waals surface area contributed by atoms with Crippen LogP contribution in [0.1, 0.15) is 28.6 Å². The van der Waals surface area contributed by atoms with Crippen LogP contribution in [0.5, 0.6) is 0 Å². The highest BCUT2D eigenvalue weighted by atomic mass is 127. The summed E-state index contributed by atoms with van der Waals surface area (Å²) in [7, 11) is 0. The molecular weight excluding hydrogens is 365 g/mol. The van der Waals surface area contributed by atoms with E-state index in [0.717, 1.165) is 14.0 Å². The number of carboxylic acid groups (broad SMARTS) is 1. The van der Waals surface area contributed by atoms with E-state index in [1.54, 1.807) is 11.8 Å². The van der Waals surface area contributed by atoms with Crippen molar-refractivity contribution < 1.29 is 14.7 Å². The molecule has 0 saturated carbocycles. The Labute approximate surface area is 123 Å². The molecule has 6 heteroatoms. The van der Waals surface area contributed by atoms with Crippen molar-refractivity contribution >= 4 is 45.8 Å². The summed E-state index contributed by atoms with van der Waals surface area (Å²) in [5.41, 5.74) is 0.303. The number of halogens is 1. The summed E-state index contributed by atoms with van der Waals surface area (Å²) in [5.74, 6) is -0.864. The first kappa shape index (κ1) is 13.8. The Bertz CT molecular complexity index is 513. The van der Waals surface area contributed by atoms with Crippen molar-refractivity contribution in [1.82, 2.24) is 4.90 Å². The molecule has 1 saturated heterocycles. The average Bonchev–Trinajstić information content (AvgIpc) is 2.85. The Hall–Kier alpha value is -0.630. The lowest BCUT2D eigenvalue weighted by Gasteiger charge is -2.19. The summed E-state index contributed by atoms with van der Waals surface area (Å²) in [6, 6.07) is 0. The molecule has 0 aromatic carbocycles. The largest absolute Gasteiger partial charge is 0.481 e. The molecule has 1 aliphatic rings. The van der Waals surface area contributed by atoms with E-state index in [-0.39, 0.29) is 5.91 Å². The van der Waals surface area contributed by atoms with Gasteiger partial charge in [0.05, 0.1) is 5.41 Å².